The van der Waals surface area contributed by atoms with Crippen molar-refractivity contribution in [3.8, 4) is 0 Å². The topological polar surface area (TPSA) is 72.7 Å². The molecule has 2 heterocycles. The zero-order valence-electron chi connectivity index (χ0n) is 8.08. The van der Waals surface area contributed by atoms with E-state index in [1.807, 2.05) is 6.92 Å². The Hall–Kier alpha value is -2.24. The fourth-order valence-electron chi connectivity index (χ4n) is 1.13. The maximum atomic E-state index is 11.6. The molecule has 2 aromatic rings. The highest BCUT2D eigenvalue weighted by atomic mass is 16.2. The molecule has 2 rings (SSSR count). The number of aromatic nitrogens is 4. The van der Waals surface area contributed by atoms with Gasteiger partial charge >= 0.3 is 0 Å². The number of pyridine rings is 1. The molecule has 1 N–H and O–H groups in total. The van der Waals surface area contributed by atoms with Gasteiger partial charge in [-0.2, -0.15) is 0 Å². The van der Waals surface area contributed by atoms with Gasteiger partial charge < -0.3 is 0 Å². The lowest BCUT2D eigenvalue weighted by molar-refractivity contribution is 0.101. The van der Waals surface area contributed by atoms with Crippen LogP contribution in [0.25, 0.3) is 0 Å². The summed E-state index contributed by atoms with van der Waals surface area (Å²) in [5.74, 6) is -0.222. The molecule has 0 aliphatic heterocycles. The molecule has 6 nitrogen and oxygen atoms in total. The highest BCUT2D eigenvalue weighted by Crippen LogP contribution is 2.00. The smallest absolute Gasteiger partial charge is 0.267 e. The van der Waals surface area contributed by atoms with E-state index in [4.69, 9.17) is 0 Å². The predicted molar refractivity (Wildman–Crippen MR) is 52.7 cm³/mol. The second-order valence-electron chi connectivity index (χ2n) is 3.00. The van der Waals surface area contributed by atoms with E-state index in [-0.39, 0.29) is 5.91 Å². The molecule has 0 aromatic carbocycles. The highest BCUT2D eigenvalue weighted by Gasteiger charge is 2.05. The quantitative estimate of drug-likeness (QED) is 0.765. The van der Waals surface area contributed by atoms with Gasteiger partial charge in [-0.05, 0) is 19.1 Å². The van der Waals surface area contributed by atoms with Gasteiger partial charge in [-0.1, -0.05) is 0 Å². The van der Waals surface area contributed by atoms with Crippen molar-refractivity contribution in [3.63, 3.8) is 0 Å². The van der Waals surface area contributed by atoms with Crippen molar-refractivity contribution in [3.05, 3.63) is 42.2 Å². The lowest BCUT2D eigenvalue weighted by atomic mass is 10.2. The summed E-state index contributed by atoms with van der Waals surface area (Å²) in [5, 5.41) is 7.14. The summed E-state index contributed by atoms with van der Waals surface area (Å²) in [7, 11) is 0. The zero-order valence-corrected chi connectivity index (χ0v) is 8.08. The second kappa shape index (κ2) is 3.87. The van der Waals surface area contributed by atoms with Crippen LogP contribution in [0.15, 0.2) is 31.0 Å². The fraction of sp³-hybridized carbons (Fsp3) is 0.111. The molecule has 0 saturated heterocycles. The molecule has 0 radical (unpaired) electrons. The SMILES string of the molecule is Cc1cc(C(=O)Nn2cnnc2)ccn1. The monoisotopic (exact) mass is 203 g/mol. The van der Waals surface area contributed by atoms with Crippen molar-refractivity contribution >= 4 is 5.91 Å². The standard InChI is InChI=1S/C9H9N5O/c1-7-4-8(2-3-10-7)9(15)13-14-5-11-12-6-14/h2-6H,1H3,(H,13,15). The van der Waals surface area contributed by atoms with Gasteiger partial charge in [0, 0.05) is 17.5 Å². The van der Waals surface area contributed by atoms with E-state index in [0.717, 1.165) is 5.69 Å². The molecular formula is C9H9N5O. The first-order chi connectivity index (χ1) is 7.25. The molecule has 15 heavy (non-hydrogen) atoms. The van der Waals surface area contributed by atoms with Gasteiger partial charge in [-0.15, -0.1) is 10.2 Å². The van der Waals surface area contributed by atoms with Crippen LogP contribution < -0.4 is 5.43 Å². The van der Waals surface area contributed by atoms with Gasteiger partial charge in [0.2, 0.25) is 0 Å². The molecule has 2 aromatic heterocycles. The minimum Gasteiger partial charge on any atom is -0.267 e. The van der Waals surface area contributed by atoms with Gasteiger partial charge in [0.1, 0.15) is 12.7 Å². The molecule has 1 amide bonds. The molecule has 0 aliphatic rings. The number of nitrogens with one attached hydrogen (secondary N) is 1. The largest absolute Gasteiger partial charge is 0.270 e. The van der Waals surface area contributed by atoms with E-state index in [2.05, 4.69) is 20.6 Å². The van der Waals surface area contributed by atoms with Gasteiger partial charge in [0.25, 0.3) is 5.91 Å². The van der Waals surface area contributed by atoms with Crippen molar-refractivity contribution in [2.45, 2.75) is 6.92 Å². The van der Waals surface area contributed by atoms with Crippen LogP contribution in [0, 0.1) is 6.92 Å². The van der Waals surface area contributed by atoms with Crippen molar-refractivity contribution in [1.29, 1.82) is 0 Å². The molecule has 76 valence electrons. The number of nitrogens with zero attached hydrogens (tertiary/aromatic N) is 4. The fourth-order valence-corrected chi connectivity index (χ4v) is 1.13. The van der Waals surface area contributed by atoms with Gasteiger partial charge in [0.15, 0.2) is 0 Å². The van der Waals surface area contributed by atoms with Crippen molar-refractivity contribution in [2.75, 3.05) is 5.43 Å². The van der Waals surface area contributed by atoms with Crippen LogP contribution in [0.1, 0.15) is 16.1 Å². The zero-order chi connectivity index (χ0) is 10.7. The van der Waals surface area contributed by atoms with E-state index in [1.54, 1.807) is 18.3 Å². The van der Waals surface area contributed by atoms with Gasteiger partial charge in [-0.3, -0.25) is 15.2 Å². The predicted octanol–water partition coefficient (Wildman–Crippen LogP) is 0.365. The Labute approximate surface area is 85.9 Å². The molecule has 0 unspecified atom stereocenters. The number of carbonyl (C=O) groups excluding carboxylic acids is 1. The molecule has 6 heteroatoms. The Morgan fingerprint density at radius 1 is 1.40 bits per heavy atom. The van der Waals surface area contributed by atoms with E-state index in [0.29, 0.717) is 5.56 Å². The summed E-state index contributed by atoms with van der Waals surface area (Å²) in [6.07, 6.45) is 4.41. The first-order valence-corrected chi connectivity index (χ1v) is 4.34. The molecule has 0 aliphatic carbocycles. The van der Waals surface area contributed by atoms with Crippen molar-refractivity contribution < 1.29 is 4.79 Å². The molecule has 0 bridgehead atoms. The number of rotatable bonds is 2. The normalized spacial score (nSPS) is 9.93. The van der Waals surface area contributed by atoms with E-state index in [9.17, 15) is 4.79 Å². The lowest BCUT2D eigenvalue weighted by Gasteiger charge is -2.04. The van der Waals surface area contributed by atoms with Crippen LogP contribution in [0.2, 0.25) is 0 Å². The number of aryl methyl sites for hydroxylation is 1. The molecule has 0 atom stereocenters. The second-order valence-corrected chi connectivity index (χ2v) is 3.00. The Kier molecular flexibility index (Phi) is 2.40. The minimum atomic E-state index is -0.222. The third-order valence-electron chi connectivity index (χ3n) is 1.81. The highest BCUT2D eigenvalue weighted by molar-refractivity contribution is 5.99. The summed E-state index contributed by atoms with van der Waals surface area (Å²) in [4.78, 5) is 15.7. The van der Waals surface area contributed by atoms with E-state index >= 15 is 0 Å². The van der Waals surface area contributed by atoms with Crippen molar-refractivity contribution in [2.24, 2.45) is 0 Å². The van der Waals surface area contributed by atoms with Crippen LogP contribution in [0.4, 0.5) is 0 Å². The van der Waals surface area contributed by atoms with E-state index in [1.165, 1.54) is 17.3 Å². The maximum Gasteiger partial charge on any atom is 0.270 e. The summed E-state index contributed by atoms with van der Waals surface area (Å²) in [6, 6.07) is 3.35. The minimum absolute atomic E-state index is 0.222. The average molecular weight is 203 g/mol. The Balaban J connectivity index is 2.15. The Morgan fingerprint density at radius 2 is 2.13 bits per heavy atom. The Morgan fingerprint density at radius 3 is 2.80 bits per heavy atom. The average Bonchev–Trinajstić information content (AvgIpc) is 2.70. The third kappa shape index (κ3) is 2.16. The number of carbonyl (C=O) groups is 1. The summed E-state index contributed by atoms with van der Waals surface area (Å²) in [6.45, 7) is 1.83. The van der Waals surface area contributed by atoms with Gasteiger partial charge in [-0.25, -0.2) is 4.68 Å². The molecular weight excluding hydrogens is 194 g/mol. The van der Waals surface area contributed by atoms with Crippen LogP contribution in [0.5, 0.6) is 0 Å². The summed E-state index contributed by atoms with van der Waals surface area (Å²) < 4.78 is 1.39. The Bertz CT molecular complexity index is 465. The lowest BCUT2D eigenvalue weighted by Crippen LogP contribution is -2.21. The van der Waals surface area contributed by atoms with E-state index < -0.39 is 0 Å². The molecule has 0 saturated carbocycles. The first-order valence-electron chi connectivity index (χ1n) is 4.34. The third-order valence-corrected chi connectivity index (χ3v) is 1.81. The van der Waals surface area contributed by atoms with Gasteiger partial charge in [0.05, 0.1) is 0 Å². The summed E-state index contributed by atoms with van der Waals surface area (Å²) in [5.41, 5.74) is 3.94. The van der Waals surface area contributed by atoms with Crippen LogP contribution in [0.3, 0.4) is 0 Å². The van der Waals surface area contributed by atoms with Crippen molar-refractivity contribution in [1.82, 2.24) is 19.9 Å². The number of hydrogen-bond acceptors (Lipinski definition) is 4. The molecule has 0 fully saturated rings. The summed E-state index contributed by atoms with van der Waals surface area (Å²) >= 11 is 0. The van der Waals surface area contributed by atoms with Crippen LogP contribution in [-0.2, 0) is 0 Å². The van der Waals surface area contributed by atoms with Crippen LogP contribution in [-0.4, -0.2) is 25.8 Å². The number of amides is 1. The maximum absolute atomic E-state index is 11.6. The molecule has 0 spiro atoms. The first kappa shape index (κ1) is 9.32. The number of hydrogen-bond donors (Lipinski definition) is 1. The van der Waals surface area contributed by atoms with Crippen LogP contribution >= 0.6 is 0 Å².